The van der Waals surface area contributed by atoms with Gasteiger partial charge in [0.2, 0.25) is 0 Å². The smallest absolute Gasteiger partial charge is 0.314 e. The molecule has 140 valence electrons. The van der Waals surface area contributed by atoms with E-state index in [1.165, 1.54) is 5.56 Å². The van der Waals surface area contributed by atoms with E-state index < -0.39 is 0 Å². The molecule has 1 fully saturated rings. The molecule has 5 nitrogen and oxygen atoms in total. The molecule has 1 aromatic rings. The van der Waals surface area contributed by atoms with Crippen molar-refractivity contribution in [3.8, 4) is 0 Å². The van der Waals surface area contributed by atoms with Crippen LogP contribution in [0.4, 0.5) is 4.79 Å². The number of aliphatic hydroxyl groups is 1. The molecule has 1 aromatic carbocycles. The van der Waals surface area contributed by atoms with Gasteiger partial charge in [-0.1, -0.05) is 36.8 Å². The summed E-state index contributed by atoms with van der Waals surface area (Å²) in [5.41, 5.74) is 1.02. The normalized spacial score (nSPS) is 22.2. The van der Waals surface area contributed by atoms with Crippen molar-refractivity contribution < 1.29 is 9.90 Å². The zero-order chi connectivity index (χ0) is 18.3. The van der Waals surface area contributed by atoms with Crippen LogP contribution in [0, 0.1) is 5.92 Å². The lowest BCUT2D eigenvalue weighted by Gasteiger charge is -2.31. The first-order valence-corrected chi connectivity index (χ1v) is 9.38. The fraction of sp³-hybridized carbons (Fsp3) is 0.650. The maximum Gasteiger partial charge on any atom is 0.314 e. The van der Waals surface area contributed by atoms with E-state index in [2.05, 4.69) is 48.9 Å². The molecular formula is C20H33N3O2. The summed E-state index contributed by atoms with van der Waals surface area (Å²) in [6.07, 6.45) is 3.61. The predicted molar refractivity (Wildman–Crippen MR) is 101 cm³/mol. The monoisotopic (exact) mass is 347 g/mol. The Morgan fingerprint density at radius 2 is 1.96 bits per heavy atom. The van der Waals surface area contributed by atoms with E-state index in [0.29, 0.717) is 19.0 Å². The molecule has 0 spiro atoms. The third kappa shape index (κ3) is 7.04. The van der Waals surface area contributed by atoms with Crippen LogP contribution < -0.4 is 16.0 Å². The Morgan fingerprint density at radius 1 is 1.24 bits per heavy atom. The molecule has 0 radical (unpaired) electrons. The van der Waals surface area contributed by atoms with Gasteiger partial charge in [-0.3, -0.25) is 0 Å². The minimum Gasteiger partial charge on any atom is -0.393 e. The van der Waals surface area contributed by atoms with E-state index in [0.717, 1.165) is 25.7 Å². The Labute approximate surface area is 151 Å². The molecule has 3 unspecified atom stereocenters. The summed E-state index contributed by atoms with van der Waals surface area (Å²) >= 11 is 0. The Hall–Kier alpha value is -1.59. The van der Waals surface area contributed by atoms with Gasteiger partial charge in [-0.2, -0.15) is 0 Å². The van der Waals surface area contributed by atoms with E-state index in [-0.39, 0.29) is 23.7 Å². The van der Waals surface area contributed by atoms with Gasteiger partial charge in [-0.05, 0) is 51.5 Å². The Balaban J connectivity index is 1.70. The number of nitrogens with one attached hydrogen (secondary N) is 3. The van der Waals surface area contributed by atoms with Crippen molar-refractivity contribution in [2.75, 3.05) is 13.1 Å². The SMILES string of the molecule is CC(NC(C)(C)CNC(=O)NCC1CCCC(O)C1)c1ccccc1. The molecular weight excluding hydrogens is 314 g/mol. The van der Waals surface area contributed by atoms with Crippen LogP contribution in [-0.2, 0) is 0 Å². The molecule has 0 saturated heterocycles. The average Bonchev–Trinajstić information content (AvgIpc) is 2.59. The second kappa shape index (κ2) is 9.20. The molecule has 4 N–H and O–H groups in total. The maximum absolute atomic E-state index is 12.1. The zero-order valence-corrected chi connectivity index (χ0v) is 15.7. The molecule has 25 heavy (non-hydrogen) atoms. The van der Waals surface area contributed by atoms with Gasteiger partial charge in [-0.25, -0.2) is 4.79 Å². The van der Waals surface area contributed by atoms with Crippen molar-refractivity contribution in [2.24, 2.45) is 5.92 Å². The van der Waals surface area contributed by atoms with Gasteiger partial charge in [0, 0.05) is 24.7 Å². The first-order chi connectivity index (χ1) is 11.9. The lowest BCUT2D eigenvalue weighted by molar-refractivity contribution is 0.101. The Bertz CT molecular complexity index is 533. The van der Waals surface area contributed by atoms with Crippen molar-refractivity contribution in [3.05, 3.63) is 35.9 Å². The topological polar surface area (TPSA) is 73.4 Å². The van der Waals surface area contributed by atoms with Crippen LogP contribution in [0.2, 0.25) is 0 Å². The lowest BCUT2D eigenvalue weighted by atomic mass is 9.87. The molecule has 5 heteroatoms. The average molecular weight is 348 g/mol. The molecule has 0 heterocycles. The number of hydrogen-bond donors (Lipinski definition) is 4. The van der Waals surface area contributed by atoms with Gasteiger partial charge in [0.25, 0.3) is 0 Å². The second-order valence-corrected chi connectivity index (χ2v) is 7.91. The number of urea groups is 1. The van der Waals surface area contributed by atoms with E-state index in [9.17, 15) is 9.90 Å². The standard InChI is InChI=1S/C20H33N3O2/c1-15(17-9-5-4-6-10-17)23-20(2,3)14-22-19(25)21-13-16-8-7-11-18(24)12-16/h4-6,9-10,15-16,18,23-24H,7-8,11-14H2,1-3H3,(H2,21,22,25). The predicted octanol–water partition coefficient (Wildman–Crippen LogP) is 2.97. The fourth-order valence-electron chi connectivity index (χ4n) is 3.51. The van der Waals surface area contributed by atoms with Crippen molar-refractivity contribution in [1.29, 1.82) is 0 Å². The van der Waals surface area contributed by atoms with Crippen LogP contribution in [0.1, 0.15) is 58.1 Å². The maximum atomic E-state index is 12.1. The minimum absolute atomic E-state index is 0.137. The van der Waals surface area contributed by atoms with Gasteiger partial charge in [-0.15, -0.1) is 0 Å². The number of amides is 2. The van der Waals surface area contributed by atoms with Crippen LogP contribution in [0.15, 0.2) is 30.3 Å². The highest BCUT2D eigenvalue weighted by Crippen LogP contribution is 2.23. The number of carbonyl (C=O) groups excluding carboxylic acids is 1. The third-order valence-corrected chi connectivity index (χ3v) is 4.90. The molecule has 0 bridgehead atoms. The summed E-state index contributed by atoms with van der Waals surface area (Å²) < 4.78 is 0. The minimum atomic E-state index is -0.215. The van der Waals surface area contributed by atoms with Crippen LogP contribution >= 0.6 is 0 Å². The highest BCUT2D eigenvalue weighted by atomic mass is 16.3. The molecule has 1 saturated carbocycles. The van der Waals surface area contributed by atoms with Crippen LogP contribution in [0.3, 0.4) is 0 Å². The number of carbonyl (C=O) groups is 1. The summed E-state index contributed by atoms with van der Waals surface area (Å²) in [6.45, 7) is 7.49. The molecule has 0 aliphatic heterocycles. The zero-order valence-electron chi connectivity index (χ0n) is 15.7. The highest BCUT2D eigenvalue weighted by Gasteiger charge is 2.23. The van der Waals surface area contributed by atoms with Gasteiger partial charge in [0.05, 0.1) is 6.10 Å². The molecule has 1 aliphatic rings. The van der Waals surface area contributed by atoms with Crippen molar-refractivity contribution >= 4 is 6.03 Å². The fourth-order valence-corrected chi connectivity index (χ4v) is 3.51. The molecule has 1 aliphatic carbocycles. The van der Waals surface area contributed by atoms with Gasteiger partial charge >= 0.3 is 6.03 Å². The molecule has 0 aromatic heterocycles. The summed E-state index contributed by atoms with van der Waals surface area (Å²) in [5.74, 6) is 0.388. The van der Waals surface area contributed by atoms with Gasteiger partial charge in [0.1, 0.15) is 0 Å². The number of aliphatic hydroxyl groups excluding tert-OH is 1. The van der Waals surface area contributed by atoms with Crippen molar-refractivity contribution in [2.45, 2.75) is 64.1 Å². The molecule has 2 amide bonds. The van der Waals surface area contributed by atoms with E-state index in [1.54, 1.807) is 0 Å². The van der Waals surface area contributed by atoms with E-state index in [1.807, 2.05) is 18.2 Å². The largest absolute Gasteiger partial charge is 0.393 e. The van der Waals surface area contributed by atoms with Crippen molar-refractivity contribution in [1.82, 2.24) is 16.0 Å². The number of hydrogen-bond acceptors (Lipinski definition) is 3. The lowest BCUT2D eigenvalue weighted by Crippen LogP contribution is -2.52. The third-order valence-electron chi connectivity index (χ3n) is 4.90. The van der Waals surface area contributed by atoms with Gasteiger partial charge < -0.3 is 21.1 Å². The molecule has 3 atom stereocenters. The Morgan fingerprint density at radius 3 is 2.64 bits per heavy atom. The first-order valence-electron chi connectivity index (χ1n) is 9.38. The first kappa shape index (κ1) is 19.7. The van der Waals surface area contributed by atoms with Crippen LogP contribution in [-0.4, -0.2) is 35.9 Å². The summed E-state index contributed by atoms with van der Waals surface area (Å²) in [5, 5.41) is 19.2. The van der Waals surface area contributed by atoms with Crippen LogP contribution in [0.5, 0.6) is 0 Å². The van der Waals surface area contributed by atoms with Crippen molar-refractivity contribution in [3.63, 3.8) is 0 Å². The molecule has 2 rings (SSSR count). The number of benzene rings is 1. The van der Waals surface area contributed by atoms with E-state index in [4.69, 9.17) is 0 Å². The van der Waals surface area contributed by atoms with E-state index >= 15 is 0 Å². The summed E-state index contributed by atoms with van der Waals surface area (Å²) in [6, 6.07) is 10.4. The van der Waals surface area contributed by atoms with Gasteiger partial charge in [0.15, 0.2) is 0 Å². The highest BCUT2D eigenvalue weighted by molar-refractivity contribution is 5.73. The quantitative estimate of drug-likeness (QED) is 0.613. The Kier molecular flexibility index (Phi) is 7.26. The number of rotatable bonds is 7. The summed E-state index contributed by atoms with van der Waals surface area (Å²) in [4.78, 5) is 12.1. The summed E-state index contributed by atoms with van der Waals surface area (Å²) in [7, 11) is 0. The second-order valence-electron chi connectivity index (χ2n) is 7.91. The van der Waals surface area contributed by atoms with Crippen LogP contribution in [0.25, 0.3) is 0 Å².